The molecule has 2 rings (SSSR count). The molecule has 6 heteroatoms. The zero-order chi connectivity index (χ0) is 12.6. The highest BCUT2D eigenvalue weighted by atomic mass is 35.5. The van der Waals surface area contributed by atoms with Crippen molar-refractivity contribution in [2.45, 2.75) is 6.18 Å². The Morgan fingerprint density at radius 2 is 2.00 bits per heavy atom. The van der Waals surface area contributed by atoms with Gasteiger partial charge in [0, 0.05) is 17.2 Å². The number of benzene rings is 1. The predicted octanol–water partition coefficient (Wildman–Crippen LogP) is 4.11. The molecule has 17 heavy (non-hydrogen) atoms. The molecule has 0 saturated carbocycles. The smallest absolute Gasteiger partial charge is 0.416 e. The molecule has 1 heterocycles. The van der Waals surface area contributed by atoms with Crippen molar-refractivity contribution in [3.05, 3.63) is 46.6 Å². The Labute approximate surface area is 100 Å². The van der Waals surface area contributed by atoms with Crippen molar-refractivity contribution in [3.8, 4) is 0 Å². The van der Waals surface area contributed by atoms with Gasteiger partial charge in [-0.15, -0.1) is 0 Å². The summed E-state index contributed by atoms with van der Waals surface area (Å²) in [7, 11) is 0. The molecule has 0 radical (unpaired) electrons. The second kappa shape index (κ2) is 4.00. The third-order valence-corrected chi connectivity index (χ3v) is 2.55. The van der Waals surface area contributed by atoms with E-state index >= 15 is 0 Å². The maximum atomic E-state index is 12.5. The Morgan fingerprint density at radius 1 is 1.29 bits per heavy atom. The molecule has 0 aromatic heterocycles. The molecule has 0 fully saturated rings. The molecule has 1 aromatic carbocycles. The van der Waals surface area contributed by atoms with Crippen LogP contribution >= 0.6 is 11.6 Å². The number of alkyl halides is 3. The molecule has 1 aromatic rings. The van der Waals surface area contributed by atoms with E-state index in [0.717, 1.165) is 17.7 Å². The van der Waals surface area contributed by atoms with Gasteiger partial charge in [-0.05, 0) is 18.2 Å². The maximum Gasteiger partial charge on any atom is 0.416 e. The lowest BCUT2D eigenvalue weighted by Gasteiger charge is -2.19. The molecule has 0 atom stereocenters. The van der Waals surface area contributed by atoms with Crippen molar-refractivity contribution < 1.29 is 18.3 Å². The lowest BCUT2D eigenvalue weighted by atomic mass is 10.0. The minimum Gasteiger partial charge on any atom is -0.507 e. The van der Waals surface area contributed by atoms with E-state index < -0.39 is 11.7 Å². The molecular formula is C11H7ClF3NO. The molecule has 1 aliphatic rings. The van der Waals surface area contributed by atoms with E-state index in [1.165, 1.54) is 12.1 Å². The summed E-state index contributed by atoms with van der Waals surface area (Å²) < 4.78 is 37.5. The van der Waals surface area contributed by atoms with Crippen molar-refractivity contribution in [2.24, 2.45) is 0 Å². The number of hydrogen-bond donors (Lipinski definition) is 2. The topological polar surface area (TPSA) is 32.3 Å². The monoisotopic (exact) mass is 261 g/mol. The summed E-state index contributed by atoms with van der Waals surface area (Å²) >= 11 is 5.44. The Balaban J connectivity index is 2.52. The van der Waals surface area contributed by atoms with Gasteiger partial charge in [-0.2, -0.15) is 13.2 Å². The molecule has 0 amide bonds. The molecule has 2 nitrogen and oxygen atoms in total. The van der Waals surface area contributed by atoms with Crippen LogP contribution in [-0.4, -0.2) is 5.11 Å². The second-order valence-electron chi connectivity index (χ2n) is 3.48. The summed E-state index contributed by atoms with van der Waals surface area (Å²) in [4.78, 5) is 0. The second-order valence-corrected chi connectivity index (χ2v) is 3.70. The van der Waals surface area contributed by atoms with Crippen LogP contribution in [0.2, 0.25) is 0 Å². The number of nitrogens with one attached hydrogen (secondary N) is 1. The zero-order valence-electron chi connectivity index (χ0n) is 8.35. The summed E-state index contributed by atoms with van der Waals surface area (Å²) in [6.07, 6.45) is -3.08. The van der Waals surface area contributed by atoms with Crippen LogP contribution in [0.1, 0.15) is 11.1 Å². The minimum atomic E-state index is -4.42. The standard InChI is InChI=1S/C11H7ClF3NO/c12-5-7-4-10(17)8-2-1-6(11(13,14)15)3-9(8)16-7/h1-5,16-17H/b7-5+. The molecule has 0 aliphatic carbocycles. The van der Waals surface area contributed by atoms with Gasteiger partial charge < -0.3 is 10.4 Å². The number of halogens is 4. The van der Waals surface area contributed by atoms with Crippen LogP contribution < -0.4 is 5.32 Å². The quantitative estimate of drug-likeness (QED) is 0.737. The van der Waals surface area contributed by atoms with Crippen LogP contribution in [0.15, 0.2) is 35.5 Å². The predicted molar refractivity (Wildman–Crippen MR) is 59.6 cm³/mol. The van der Waals surface area contributed by atoms with Crippen LogP contribution in [0.5, 0.6) is 0 Å². The highest BCUT2D eigenvalue weighted by molar-refractivity contribution is 6.26. The van der Waals surface area contributed by atoms with E-state index in [2.05, 4.69) is 5.32 Å². The summed E-state index contributed by atoms with van der Waals surface area (Å²) in [5.74, 6) is -0.126. The normalized spacial score (nSPS) is 17.4. The van der Waals surface area contributed by atoms with Gasteiger partial charge in [0.25, 0.3) is 0 Å². The van der Waals surface area contributed by atoms with Gasteiger partial charge >= 0.3 is 6.18 Å². The zero-order valence-corrected chi connectivity index (χ0v) is 9.10. The third-order valence-electron chi connectivity index (χ3n) is 2.31. The van der Waals surface area contributed by atoms with Crippen LogP contribution in [-0.2, 0) is 6.18 Å². The Hall–Kier alpha value is -1.62. The maximum absolute atomic E-state index is 12.5. The molecule has 0 bridgehead atoms. The van der Waals surface area contributed by atoms with Crippen LogP contribution in [0.25, 0.3) is 5.76 Å². The average molecular weight is 262 g/mol. The Morgan fingerprint density at radius 3 is 2.59 bits per heavy atom. The number of aliphatic hydroxyl groups is 1. The first-order valence-electron chi connectivity index (χ1n) is 4.61. The van der Waals surface area contributed by atoms with E-state index in [1.54, 1.807) is 0 Å². The molecule has 1 aliphatic heterocycles. The highest BCUT2D eigenvalue weighted by Crippen LogP contribution is 2.36. The van der Waals surface area contributed by atoms with Crippen LogP contribution in [0, 0.1) is 0 Å². The first-order valence-corrected chi connectivity index (χ1v) is 5.05. The molecule has 2 N–H and O–H groups in total. The van der Waals surface area contributed by atoms with Gasteiger partial charge in [0.15, 0.2) is 0 Å². The van der Waals surface area contributed by atoms with Crippen molar-refractivity contribution in [3.63, 3.8) is 0 Å². The van der Waals surface area contributed by atoms with Crippen molar-refractivity contribution in [2.75, 3.05) is 5.32 Å². The van der Waals surface area contributed by atoms with E-state index in [9.17, 15) is 18.3 Å². The first kappa shape index (κ1) is 11.9. The number of allylic oxidation sites excluding steroid dienone is 1. The van der Waals surface area contributed by atoms with Crippen molar-refractivity contribution in [1.29, 1.82) is 0 Å². The van der Waals surface area contributed by atoms with E-state index in [0.29, 0.717) is 11.3 Å². The van der Waals surface area contributed by atoms with Crippen molar-refractivity contribution >= 4 is 23.0 Å². The number of anilines is 1. The molecule has 0 saturated heterocycles. The lowest BCUT2D eigenvalue weighted by Crippen LogP contribution is -2.10. The summed E-state index contributed by atoms with van der Waals surface area (Å²) in [6, 6.07) is 3.06. The van der Waals surface area contributed by atoms with Gasteiger partial charge in [-0.1, -0.05) is 11.6 Å². The minimum absolute atomic E-state index is 0.126. The van der Waals surface area contributed by atoms with Gasteiger partial charge in [-0.25, -0.2) is 0 Å². The average Bonchev–Trinajstić information content (AvgIpc) is 2.27. The third kappa shape index (κ3) is 2.24. The summed E-state index contributed by atoms with van der Waals surface area (Å²) in [6.45, 7) is 0. The van der Waals surface area contributed by atoms with E-state index in [1.807, 2.05) is 0 Å². The molecule has 0 unspecified atom stereocenters. The van der Waals surface area contributed by atoms with E-state index in [-0.39, 0.29) is 11.4 Å². The largest absolute Gasteiger partial charge is 0.507 e. The van der Waals surface area contributed by atoms with Crippen LogP contribution in [0.4, 0.5) is 18.9 Å². The van der Waals surface area contributed by atoms with Gasteiger partial charge in [0.05, 0.1) is 16.9 Å². The van der Waals surface area contributed by atoms with Crippen molar-refractivity contribution in [1.82, 2.24) is 0 Å². The Kier molecular flexibility index (Phi) is 2.79. The fourth-order valence-electron chi connectivity index (χ4n) is 1.52. The Bertz CT molecular complexity index is 520. The number of rotatable bonds is 0. The van der Waals surface area contributed by atoms with Crippen LogP contribution in [0.3, 0.4) is 0 Å². The number of hydrogen-bond acceptors (Lipinski definition) is 2. The first-order chi connectivity index (χ1) is 7.91. The molecule has 90 valence electrons. The van der Waals surface area contributed by atoms with E-state index in [4.69, 9.17) is 11.6 Å². The molecule has 0 spiro atoms. The fourth-order valence-corrected chi connectivity index (χ4v) is 1.64. The molecular weight excluding hydrogens is 255 g/mol. The van der Waals surface area contributed by atoms with Gasteiger partial charge in [-0.3, -0.25) is 0 Å². The summed E-state index contributed by atoms with van der Waals surface area (Å²) in [5.41, 5.74) is 1.16. The fraction of sp³-hybridized carbons (Fsp3) is 0.0909. The highest BCUT2D eigenvalue weighted by Gasteiger charge is 2.31. The SMILES string of the molecule is OC1=C/C(=C\Cl)Nc2cc(C(F)(F)F)ccc21. The van der Waals surface area contributed by atoms with Gasteiger partial charge in [0.1, 0.15) is 5.76 Å². The lowest BCUT2D eigenvalue weighted by molar-refractivity contribution is -0.137. The number of fused-ring (bicyclic) bond motifs is 1. The summed E-state index contributed by atoms with van der Waals surface area (Å²) in [5, 5.41) is 12.3. The van der Waals surface area contributed by atoms with Gasteiger partial charge in [0.2, 0.25) is 0 Å². The number of aliphatic hydroxyl groups excluding tert-OH is 1.